The van der Waals surface area contributed by atoms with Gasteiger partial charge in [0.1, 0.15) is 12.3 Å². The summed E-state index contributed by atoms with van der Waals surface area (Å²) in [7, 11) is 0. The van der Waals surface area contributed by atoms with Gasteiger partial charge in [-0.3, -0.25) is 0 Å². The van der Waals surface area contributed by atoms with E-state index >= 15 is 0 Å². The first-order chi connectivity index (χ1) is 9.49. The van der Waals surface area contributed by atoms with E-state index in [9.17, 15) is 4.79 Å². The van der Waals surface area contributed by atoms with Crippen molar-refractivity contribution >= 4 is 17.6 Å². The van der Waals surface area contributed by atoms with Crippen LogP contribution in [0.15, 0.2) is 41.6 Å². The number of rotatable bonds is 6. The number of hydrogen-bond acceptors (Lipinski definition) is 3. The molecule has 108 valence electrons. The Morgan fingerprint density at radius 2 is 2.05 bits per heavy atom. The van der Waals surface area contributed by atoms with Gasteiger partial charge in [0.05, 0.1) is 5.02 Å². The minimum Gasteiger partial charge on any atom is -0.457 e. The van der Waals surface area contributed by atoms with Gasteiger partial charge in [-0.2, -0.15) is 0 Å². The van der Waals surface area contributed by atoms with Crippen molar-refractivity contribution in [1.82, 2.24) is 4.98 Å². The van der Waals surface area contributed by atoms with Crippen LogP contribution in [0.3, 0.4) is 0 Å². The molecule has 4 heteroatoms. The Bertz CT molecular complexity index is 500. The van der Waals surface area contributed by atoms with Crippen LogP contribution < -0.4 is 0 Å². The third-order valence-electron chi connectivity index (χ3n) is 2.67. The smallest absolute Gasteiger partial charge is 0.357 e. The van der Waals surface area contributed by atoms with Crippen LogP contribution in [0.25, 0.3) is 0 Å². The van der Waals surface area contributed by atoms with Gasteiger partial charge in [-0.1, -0.05) is 28.8 Å². The average Bonchev–Trinajstić information content (AvgIpc) is 2.39. The average molecular weight is 294 g/mol. The number of esters is 1. The number of aromatic nitrogens is 1. The first-order valence-corrected chi connectivity index (χ1v) is 6.94. The number of carbonyl (C=O) groups excluding carboxylic acids is 1. The lowest BCUT2D eigenvalue weighted by molar-refractivity contribution is 0.0542. The summed E-state index contributed by atoms with van der Waals surface area (Å²) < 4.78 is 5.13. The molecule has 1 aromatic rings. The molecular formula is C16H20ClNO2. The third kappa shape index (κ3) is 6.53. The molecule has 0 saturated carbocycles. The normalized spacial score (nSPS) is 11.1. The third-order valence-corrected chi connectivity index (χ3v) is 2.90. The van der Waals surface area contributed by atoms with Crippen molar-refractivity contribution in [3.63, 3.8) is 0 Å². The van der Waals surface area contributed by atoms with Gasteiger partial charge in [0.15, 0.2) is 0 Å². The van der Waals surface area contributed by atoms with E-state index < -0.39 is 5.97 Å². The van der Waals surface area contributed by atoms with E-state index in [1.54, 1.807) is 12.1 Å². The number of halogens is 1. The van der Waals surface area contributed by atoms with E-state index in [1.165, 1.54) is 17.3 Å². The van der Waals surface area contributed by atoms with Gasteiger partial charge >= 0.3 is 5.97 Å². The molecule has 0 aliphatic carbocycles. The van der Waals surface area contributed by atoms with Crippen molar-refractivity contribution in [3.05, 3.63) is 52.3 Å². The van der Waals surface area contributed by atoms with Crippen LogP contribution in [0.1, 0.15) is 44.1 Å². The zero-order valence-electron chi connectivity index (χ0n) is 12.1. The second-order valence-corrected chi connectivity index (χ2v) is 5.27. The Hall–Kier alpha value is -1.61. The molecule has 0 aliphatic heterocycles. The van der Waals surface area contributed by atoms with Gasteiger partial charge in [0.25, 0.3) is 0 Å². The maximum atomic E-state index is 11.7. The highest BCUT2D eigenvalue weighted by atomic mass is 35.5. The van der Waals surface area contributed by atoms with E-state index in [1.807, 2.05) is 13.0 Å². The Morgan fingerprint density at radius 3 is 2.65 bits per heavy atom. The topological polar surface area (TPSA) is 39.2 Å². The molecule has 0 N–H and O–H groups in total. The number of allylic oxidation sites excluding steroid dienone is 3. The van der Waals surface area contributed by atoms with Gasteiger partial charge in [-0.15, -0.1) is 0 Å². The Labute approximate surface area is 125 Å². The van der Waals surface area contributed by atoms with E-state index in [0.717, 1.165) is 12.8 Å². The van der Waals surface area contributed by atoms with Crippen molar-refractivity contribution in [3.8, 4) is 0 Å². The zero-order chi connectivity index (χ0) is 15.0. The maximum absolute atomic E-state index is 11.7. The molecule has 0 amide bonds. The lowest BCUT2D eigenvalue weighted by atomic mass is 10.1. The van der Waals surface area contributed by atoms with Crippen molar-refractivity contribution in [2.24, 2.45) is 0 Å². The highest BCUT2D eigenvalue weighted by Crippen LogP contribution is 2.08. The summed E-state index contributed by atoms with van der Waals surface area (Å²) in [6.07, 6.45) is 7.53. The number of nitrogens with zero attached hydrogens (tertiary/aromatic N) is 1. The number of pyridine rings is 1. The molecule has 0 radical (unpaired) electrons. The molecule has 0 spiro atoms. The molecule has 0 atom stereocenters. The lowest BCUT2D eigenvalue weighted by Gasteiger charge is -2.03. The molecule has 0 aliphatic rings. The van der Waals surface area contributed by atoms with Gasteiger partial charge in [0.2, 0.25) is 0 Å². The summed E-state index contributed by atoms with van der Waals surface area (Å²) in [6.45, 7) is 6.47. The predicted octanol–water partition coefficient (Wildman–Crippen LogP) is 4.58. The molecule has 1 rings (SSSR count). The monoisotopic (exact) mass is 293 g/mol. The number of hydrogen-bond donors (Lipinski definition) is 0. The minimum absolute atomic E-state index is 0.268. The Kier molecular flexibility index (Phi) is 7.02. The highest BCUT2D eigenvalue weighted by molar-refractivity contribution is 6.30. The lowest BCUT2D eigenvalue weighted by Crippen LogP contribution is -2.07. The van der Waals surface area contributed by atoms with Crippen LogP contribution in [0.2, 0.25) is 5.02 Å². The van der Waals surface area contributed by atoms with Crippen LogP contribution in [0, 0.1) is 0 Å². The zero-order valence-corrected chi connectivity index (χ0v) is 12.9. The molecule has 20 heavy (non-hydrogen) atoms. The van der Waals surface area contributed by atoms with E-state index in [2.05, 4.69) is 24.9 Å². The molecule has 0 unspecified atom stereocenters. The molecule has 3 nitrogen and oxygen atoms in total. The van der Waals surface area contributed by atoms with Crippen molar-refractivity contribution in [1.29, 1.82) is 0 Å². The van der Waals surface area contributed by atoms with Gasteiger partial charge in [-0.25, -0.2) is 9.78 Å². The van der Waals surface area contributed by atoms with Crippen LogP contribution in [-0.2, 0) is 4.74 Å². The van der Waals surface area contributed by atoms with Crippen LogP contribution in [0.4, 0.5) is 0 Å². The second kappa shape index (κ2) is 8.54. The number of ether oxygens (including phenoxy) is 1. The van der Waals surface area contributed by atoms with Gasteiger partial charge in [0, 0.05) is 6.20 Å². The standard InChI is InChI=1S/C16H20ClNO2/c1-12(2)5-4-6-13(3)9-10-20-16(19)15-8-7-14(17)11-18-15/h5,7-9,11H,4,6,10H2,1-3H3/b13-9+. The maximum Gasteiger partial charge on any atom is 0.357 e. The Morgan fingerprint density at radius 1 is 1.30 bits per heavy atom. The molecule has 0 saturated heterocycles. The quantitative estimate of drug-likeness (QED) is 0.569. The van der Waals surface area contributed by atoms with Crippen molar-refractivity contribution in [2.75, 3.05) is 6.61 Å². The summed E-state index contributed by atoms with van der Waals surface area (Å²) in [5, 5.41) is 0.497. The summed E-state index contributed by atoms with van der Waals surface area (Å²) in [4.78, 5) is 15.6. The van der Waals surface area contributed by atoms with E-state index in [-0.39, 0.29) is 12.3 Å². The van der Waals surface area contributed by atoms with Gasteiger partial charge < -0.3 is 4.74 Å². The fraction of sp³-hybridized carbons (Fsp3) is 0.375. The molecule has 0 bridgehead atoms. The fourth-order valence-electron chi connectivity index (χ4n) is 1.52. The summed E-state index contributed by atoms with van der Waals surface area (Å²) in [5.41, 5.74) is 2.79. The second-order valence-electron chi connectivity index (χ2n) is 4.83. The molecule has 0 aromatic carbocycles. The van der Waals surface area contributed by atoms with Crippen LogP contribution in [-0.4, -0.2) is 17.6 Å². The summed E-state index contributed by atoms with van der Waals surface area (Å²) >= 11 is 5.70. The molecular weight excluding hydrogens is 274 g/mol. The van der Waals surface area contributed by atoms with Crippen LogP contribution in [0.5, 0.6) is 0 Å². The van der Waals surface area contributed by atoms with E-state index in [0.29, 0.717) is 5.02 Å². The number of carbonyl (C=O) groups is 1. The minimum atomic E-state index is -0.435. The summed E-state index contributed by atoms with van der Waals surface area (Å²) in [6, 6.07) is 3.17. The molecule has 1 heterocycles. The van der Waals surface area contributed by atoms with Crippen molar-refractivity contribution < 1.29 is 9.53 Å². The van der Waals surface area contributed by atoms with Gasteiger partial charge in [-0.05, 0) is 51.8 Å². The van der Waals surface area contributed by atoms with E-state index in [4.69, 9.17) is 16.3 Å². The highest BCUT2D eigenvalue weighted by Gasteiger charge is 2.07. The first-order valence-electron chi connectivity index (χ1n) is 6.56. The first kappa shape index (κ1) is 16.4. The predicted molar refractivity (Wildman–Crippen MR) is 82.0 cm³/mol. The molecule has 1 aromatic heterocycles. The van der Waals surface area contributed by atoms with Crippen LogP contribution >= 0.6 is 11.6 Å². The van der Waals surface area contributed by atoms with Crippen molar-refractivity contribution in [2.45, 2.75) is 33.6 Å². The SMILES string of the molecule is CC(C)=CCC/C(C)=C/COC(=O)c1ccc(Cl)cn1. The fourth-order valence-corrected chi connectivity index (χ4v) is 1.63. The largest absolute Gasteiger partial charge is 0.457 e. The summed E-state index contributed by atoms with van der Waals surface area (Å²) in [5.74, 6) is -0.435. The molecule has 0 fully saturated rings. The Balaban J connectivity index is 2.37.